The van der Waals surface area contributed by atoms with Crippen LogP contribution < -0.4 is 0 Å². The van der Waals surface area contributed by atoms with Crippen molar-refractivity contribution in [1.82, 2.24) is 0 Å². The van der Waals surface area contributed by atoms with Crippen LogP contribution in [0.2, 0.25) is 10.6 Å². The molecule has 1 aromatic carbocycles. The first-order valence-electron chi connectivity index (χ1n) is 10.6. The number of hydrogen-bond donors (Lipinski definition) is 0. The molecule has 0 unspecified atom stereocenters. The van der Waals surface area contributed by atoms with Gasteiger partial charge in [0.2, 0.25) is 0 Å². The molecular weight excluding hydrogens is 335 g/mol. The molecule has 25 heavy (non-hydrogen) atoms. The summed E-state index contributed by atoms with van der Waals surface area (Å²) in [4.78, 5) is 3.11. The molecule has 1 rings (SSSR count). The van der Waals surface area contributed by atoms with Crippen LogP contribution in [-0.4, -0.2) is 14.1 Å². The molecule has 1 aromatic rings. The van der Waals surface area contributed by atoms with E-state index < -0.39 is 14.1 Å². The number of allylic oxidation sites excluding steroid dienone is 2. The molecule has 0 heterocycles. The summed E-state index contributed by atoms with van der Waals surface area (Å²) in [5, 5.41) is 2.80. The minimum atomic E-state index is -0.705. The average molecular weight is 375 g/mol. The van der Waals surface area contributed by atoms with Gasteiger partial charge in [0, 0.05) is 4.90 Å². The molecule has 0 radical (unpaired) electrons. The molecule has 0 atom stereocenters. The Bertz CT molecular complexity index is 462. The standard InChI is InChI=1S/C19H29S.2C2H5.Al/c1-3-5-6-7-8-9-10-12-15-18(4-2)20-19-16-13-11-14-17-19;2*1-2;/h11,13-14,16-17H,3,5-10,12,15H2,1-2H3;2*1H2,2H3;. The van der Waals surface area contributed by atoms with E-state index in [9.17, 15) is 0 Å². The molecule has 0 aliphatic heterocycles. The van der Waals surface area contributed by atoms with Crippen molar-refractivity contribution in [3.63, 3.8) is 0 Å². The smallest absolute Gasteiger partial charge is 0.124 e. The second-order valence-electron chi connectivity index (χ2n) is 7.26. The topological polar surface area (TPSA) is 0 Å². The van der Waals surface area contributed by atoms with Gasteiger partial charge in [-0.2, -0.15) is 0 Å². The van der Waals surface area contributed by atoms with Gasteiger partial charge in [-0.15, -0.1) is 4.44 Å². The van der Waals surface area contributed by atoms with E-state index in [4.69, 9.17) is 0 Å². The molecule has 0 bridgehead atoms. The van der Waals surface area contributed by atoms with E-state index in [1.165, 1.54) is 73.2 Å². The van der Waals surface area contributed by atoms with Crippen LogP contribution in [0.25, 0.3) is 0 Å². The first-order valence-corrected chi connectivity index (χ1v) is 13.7. The Hall–Kier alpha value is -0.158. The third kappa shape index (κ3) is 9.93. The van der Waals surface area contributed by atoms with Gasteiger partial charge in [0.05, 0.1) is 0 Å². The van der Waals surface area contributed by atoms with Crippen LogP contribution in [-0.2, 0) is 0 Å². The molecule has 0 aromatic heterocycles. The molecule has 0 aliphatic carbocycles. The van der Waals surface area contributed by atoms with Gasteiger partial charge in [-0.05, 0) is 29.9 Å². The van der Waals surface area contributed by atoms with Crippen LogP contribution in [0.4, 0.5) is 0 Å². The lowest BCUT2D eigenvalue weighted by atomic mass is 10.1. The Morgan fingerprint density at radius 1 is 0.800 bits per heavy atom. The quantitative estimate of drug-likeness (QED) is 0.178. The lowest BCUT2D eigenvalue weighted by Crippen LogP contribution is -2.13. The number of unbranched alkanes of at least 4 members (excludes halogenated alkanes) is 7. The third-order valence-corrected chi connectivity index (χ3v) is 10.3. The first kappa shape index (κ1) is 22.9. The lowest BCUT2D eigenvalue weighted by molar-refractivity contribution is 0.577. The van der Waals surface area contributed by atoms with E-state index >= 15 is 0 Å². The van der Waals surface area contributed by atoms with E-state index in [-0.39, 0.29) is 0 Å². The highest BCUT2D eigenvalue weighted by Gasteiger charge is 2.18. The van der Waals surface area contributed by atoms with Crippen molar-refractivity contribution in [3.05, 3.63) is 39.7 Å². The van der Waals surface area contributed by atoms with Gasteiger partial charge < -0.3 is 0 Å². The molecule has 0 aliphatic rings. The predicted octanol–water partition coefficient (Wildman–Crippen LogP) is 8.66. The van der Waals surface area contributed by atoms with Crippen molar-refractivity contribution >= 4 is 25.9 Å². The maximum atomic E-state index is 2.44. The molecule has 0 saturated carbocycles. The maximum absolute atomic E-state index is 2.44. The zero-order valence-electron chi connectivity index (χ0n) is 17.2. The van der Waals surface area contributed by atoms with Gasteiger partial charge in [-0.25, -0.2) is 0 Å². The Morgan fingerprint density at radius 3 is 1.92 bits per heavy atom. The van der Waals surface area contributed by atoms with Crippen molar-refractivity contribution in [3.8, 4) is 0 Å². The van der Waals surface area contributed by atoms with Crippen LogP contribution in [0.3, 0.4) is 0 Å². The first-order chi connectivity index (χ1) is 12.2. The van der Waals surface area contributed by atoms with Gasteiger partial charge in [0.1, 0.15) is 0 Å². The lowest BCUT2D eigenvalue weighted by Gasteiger charge is -2.16. The van der Waals surface area contributed by atoms with Gasteiger partial charge in [0.15, 0.2) is 0 Å². The van der Waals surface area contributed by atoms with Crippen LogP contribution >= 0.6 is 11.8 Å². The highest BCUT2D eigenvalue weighted by atomic mass is 32.2. The van der Waals surface area contributed by atoms with Crippen molar-refractivity contribution in [2.24, 2.45) is 0 Å². The fourth-order valence-corrected chi connectivity index (χ4v) is 7.57. The molecule has 0 fully saturated rings. The van der Waals surface area contributed by atoms with Crippen LogP contribution in [0.15, 0.2) is 44.6 Å². The molecule has 0 amide bonds. The van der Waals surface area contributed by atoms with Gasteiger partial charge in [0.25, 0.3) is 14.1 Å². The second kappa shape index (κ2) is 15.0. The van der Waals surface area contributed by atoms with Crippen molar-refractivity contribution in [2.75, 3.05) is 0 Å². The summed E-state index contributed by atoms with van der Waals surface area (Å²) in [6.45, 7) is 9.53. The summed E-state index contributed by atoms with van der Waals surface area (Å²) in [5.74, 6) is 0. The fourth-order valence-electron chi connectivity index (χ4n) is 3.51. The van der Waals surface area contributed by atoms with E-state index in [1.807, 2.05) is 11.8 Å². The minimum absolute atomic E-state index is 0.705. The van der Waals surface area contributed by atoms with E-state index in [2.05, 4.69) is 58.0 Å². The summed E-state index contributed by atoms with van der Waals surface area (Å²) >= 11 is 1.34. The monoisotopic (exact) mass is 374 g/mol. The van der Waals surface area contributed by atoms with E-state index in [0.717, 1.165) is 0 Å². The number of rotatable bonds is 14. The predicted molar refractivity (Wildman–Crippen MR) is 119 cm³/mol. The summed E-state index contributed by atoms with van der Waals surface area (Å²) in [7, 11) is 0. The SMILES string of the molecule is CCCCCCCCCC/C(Sc1ccccc1)=[C](/C)[Al]([CH2]C)[CH2]C. The van der Waals surface area contributed by atoms with Crippen molar-refractivity contribution in [2.45, 2.75) is 101 Å². The Kier molecular flexibility index (Phi) is 13.7. The molecular formula is C23H39AlS. The molecule has 140 valence electrons. The zero-order chi connectivity index (χ0) is 18.3. The van der Waals surface area contributed by atoms with E-state index in [0.29, 0.717) is 0 Å². The Balaban J connectivity index is 2.53. The number of hydrogen-bond acceptors (Lipinski definition) is 1. The maximum Gasteiger partial charge on any atom is 0.299 e. The zero-order valence-corrected chi connectivity index (χ0v) is 19.1. The molecule has 2 heteroatoms. The fraction of sp³-hybridized carbons (Fsp3) is 0.652. The molecule has 0 N–H and O–H groups in total. The summed E-state index contributed by atoms with van der Waals surface area (Å²) in [6.07, 6.45) is 12.6. The van der Waals surface area contributed by atoms with Gasteiger partial charge >= 0.3 is 0 Å². The number of thioether (sulfide) groups is 1. The van der Waals surface area contributed by atoms with Gasteiger partial charge in [-0.1, -0.05) is 113 Å². The molecule has 0 nitrogen and oxygen atoms in total. The normalized spacial score (nSPS) is 12.2. The van der Waals surface area contributed by atoms with Crippen molar-refractivity contribution < 1.29 is 0 Å². The third-order valence-electron chi connectivity index (χ3n) is 5.28. The van der Waals surface area contributed by atoms with Crippen molar-refractivity contribution in [1.29, 1.82) is 0 Å². The van der Waals surface area contributed by atoms with Crippen LogP contribution in [0.1, 0.15) is 85.5 Å². The van der Waals surface area contributed by atoms with Crippen LogP contribution in [0, 0.1) is 0 Å². The number of benzene rings is 1. The second-order valence-corrected chi connectivity index (χ2v) is 12.3. The van der Waals surface area contributed by atoms with E-state index in [1.54, 1.807) is 9.34 Å². The van der Waals surface area contributed by atoms with Crippen LogP contribution in [0.5, 0.6) is 0 Å². The Labute approximate surface area is 166 Å². The summed E-state index contributed by atoms with van der Waals surface area (Å²) in [5.41, 5.74) is 0. The summed E-state index contributed by atoms with van der Waals surface area (Å²) in [6, 6.07) is 11.0. The highest BCUT2D eigenvalue weighted by molar-refractivity contribution is 8.03. The summed E-state index contributed by atoms with van der Waals surface area (Å²) < 4.78 is 1.78. The largest absolute Gasteiger partial charge is 0.299 e. The molecule has 0 spiro atoms. The molecule has 0 saturated heterocycles. The highest BCUT2D eigenvalue weighted by Crippen LogP contribution is 2.34. The minimum Gasteiger partial charge on any atom is -0.124 e. The van der Waals surface area contributed by atoms with Gasteiger partial charge in [-0.3, -0.25) is 0 Å². The Morgan fingerprint density at radius 2 is 1.36 bits per heavy atom. The average Bonchev–Trinajstić information content (AvgIpc) is 2.64.